The number of hydrogen-bond donors (Lipinski definition) is 1. The Morgan fingerprint density at radius 2 is 1.48 bits per heavy atom. The van der Waals surface area contributed by atoms with E-state index < -0.39 is 11.6 Å². The van der Waals surface area contributed by atoms with Gasteiger partial charge in [0.25, 0.3) is 5.91 Å². The molecule has 5 heteroatoms. The number of carbonyl (C=O) groups excluding carboxylic acids is 2. The van der Waals surface area contributed by atoms with Crippen molar-refractivity contribution in [3.05, 3.63) is 107 Å². The summed E-state index contributed by atoms with van der Waals surface area (Å²) in [4.78, 5) is 27.7. The molecule has 1 aliphatic heterocycles. The van der Waals surface area contributed by atoms with Crippen LogP contribution < -0.4 is 5.32 Å². The fourth-order valence-electron chi connectivity index (χ4n) is 3.75. The maximum absolute atomic E-state index is 13.6. The molecule has 1 atom stereocenters. The predicted octanol–water partition coefficient (Wildman–Crippen LogP) is 3.75. The molecule has 3 amide bonds. The molecule has 142 valence electrons. The van der Waals surface area contributed by atoms with Crippen molar-refractivity contribution >= 4 is 11.9 Å². The van der Waals surface area contributed by atoms with E-state index in [2.05, 4.69) is 11.4 Å². The second-order valence-corrected chi connectivity index (χ2v) is 7.02. The molecule has 5 nitrogen and oxygen atoms in total. The molecule has 29 heavy (non-hydrogen) atoms. The van der Waals surface area contributed by atoms with Gasteiger partial charge in [0.05, 0.1) is 18.2 Å². The van der Waals surface area contributed by atoms with Crippen LogP contribution in [-0.2, 0) is 23.3 Å². The van der Waals surface area contributed by atoms with Crippen molar-refractivity contribution in [3.63, 3.8) is 0 Å². The molecule has 3 aromatic carbocycles. The average Bonchev–Trinajstić information content (AvgIpc) is 3.00. The Labute approximate surface area is 169 Å². The molecule has 0 bridgehead atoms. The molecule has 4 rings (SSSR count). The second kappa shape index (κ2) is 7.61. The van der Waals surface area contributed by atoms with Crippen LogP contribution >= 0.6 is 0 Å². The van der Waals surface area contributed by atoms with Crippen LogP contribution in [0, 0.1) is 11.3 Å². The molecule has 1 fully saturated rings. The third-order valence-corrected chi connectivity index (χ3v) is 5.22. The number of benzene rings is 3. The minimum atomic E-state index is -1.18. The first-order valence-corrected chi connectivity index (χ1v) is 9.35. The van der Waals surface area contributed by atoms with Gasteiger partial charge in [-0.05, 0) is 22.8 Å². The van der Waals surface area contributed by atoms with Gasteiger partial charge in [0.2, 0.25) is 0 Å². The zero-order chi connectivity index (χ0) is 20.3. The van der Waals surface area contributed by atoms with Gasteiger partial charge < -0.3 is 5.32 Å². The molecule has 1 heterocycles. The smallest absolute Gasteiger partial charge is 0.319 e. The number of amides is 3. The lowest BCUT2D eigenvalue weighted by Crippen LogP contribution is -2.46. The van der Waals surface area contributed by atoms with Crippen LogP contribution in [0.25, 0.3) is 0 Å². The van der Waals surface area contributed by atoms with Crippen LogP contribution in [0.3, 0.4) is 0 Å². The van der Waals surface area contributed by atoms with E-state index in [1.165, 1.54) is 4.90 Å². The van der Waals surface area contributed by atoms with Gasteiger partial charge in [-0.1, -0.05) is 78.9 Å². The third kappa shape index (κ3) is 3.37. The van der Waals surface area contributed by atoms with Crippen molar-refractivity contribution < 1.29 is 9.59 Å². The zero-order valence-corrected chi connectivity index (χ0v) is 15.7. The molecule has 0 unspecified atom stereocenters. The summed E-state index contributed by atoms with van der Waals surface area (Å²) in [5.41, 5.74) is 1.60. The highest BCUT2D eigenvalue weighted by atomic mass is 16.2. The van der Waals surface area contributed by atoms with E-state index in [1.807, 2.05) is 60.7 Å². The number of nitriles is 1. The first kappa shape index (κ1) is 18.5. The van der Waals surface area contributed by atoms with Crippen LogP contribution in [-0.4, -0.2) is 16.8 Å². The number of carbonyl (C=O) groups is 2. The molecule has 0 spiro atoms. The van der Waals surface area contributed by atoms with Crippen molar-refractivity contribution in [1.29, 1.82) is 5.26 Å². The largest absolute Gasteiger partial charge is 0.325 e. The van der Waals surface area contributed by atoms with E-state index in [0.717, 1.165) is 11.1 Å². The average molecular weight is 381 g/mol. The summed E-state index contributed by atoms with van der Waals surface area (Å²) < 4.78 is 0. The van der Waals surface area contributed by atoms with Gasteiger partial charge in [-0.2, -0.15) is 5.26 Å². The Kier molecular flexibility index (Phi) is 4.84. The third-order valence-electron chi connectivity index (χ3n) is 5.22. The van der Waals surface area contributed by atoms with Crippen molar-refractivity contribution in [1.82, 2.24) is 10.2 Å². The molecular formula is C24H19N3O2. The van der Waals surface area contributed by atoms with E-state index in [4.69, 9.17) is 0 Å². The minimum absolute atomic E-state index is 0.0533. The lowest BCUT2D eigenvalue weighted by Gasteiger charge is -2.27. The summed E-state index contributed by atoms with van der Waals surface area (Å²) >= 11 is 0. The molecule has 0 radical (unpaired) electrons. The Hall–Kier alpha value is -3.91. The molecular weight excluding hydrogens is 362 g/mol. The number of imide groups is 1. The van der Waals surface area contributed by atoms with Gasteiger partial charge in [-0.25, -0.2) is 4.79 Å². The number of rotatable bonds is 5. The van der Waals surface area contributed by atoms with Crippen LogP contribution in [0.5, 0.6) is 0 Å². The maximum atomic E-state index is 13.6. The maximum Gasteiger partial charge on any atom is 0.325 e. The standard InChI is InChI=1S/C24H19N3O2/c25-16-19-11-7-8-12-20(19)17-27-22(28)24(26-23(27)29,21-13-5-2-6-14-21)15-18-9-3-1-4-10-18/h1-14H,15,17H2,(H,26,29)/t24-/m0/s1. The number of urea groups is 1. The first-order valence-electron chi connectivity index (χ1n) is 9.35. The van der Waals surface area contributed by atoms with Crippen LogP contribution in [0.2, 0.25) is 0 Å². The van der Waals surface area contributed by atoms with Crippen molar-refractivity contribution in [2.24, 2.45) is 0 Å². The molecule has 0 aliphatic carbocycles. The topological polar surface area (TPSA) is 73.2 Å². The number of nitrogens with zero attached hydrogens (tertiary/aromatic N) is 2. The van der Waals surface area contributed by atoms with E-state index in [9.17, 15) is 14.9 Å². The van der Waals surface area contributed by atoms with Crippen molar-refractivity contribution in [3.8, 4) is 6.07 Å². The van der Waals surface area contributed by atoms with Gasteiger partial charge in [0, 0.05) is 6.42 Å². The quantitative estimate of drug-likeness (QED) is 0.684. The number of hydrogen-bond acceptors (Lipinski definition) is 3. The summed E-state index contributed by atoms with van der Waals surface area (Å²) in [6.07, 6.45) is 0.346. The number of nitrogens with one attached hydrogen (secondary N) is 1. The predicted molar refractivity (Wildman–Crippen MR) is 109 cm³/mol. The minimum Gasteiger partial charge on any atom is -0.319 e. The van der Waals surface area contributed by atoms with Gasteiger partial charge in [-0.3, -0.25) is 9.69 Å². The molecule has 3 aromatic rings. The van der Waals surface area contributed by atoms with E-state index in [0.29, 0.717) is 17.5 Å². The molecule has 1 saturated heterocycles. The van der Waals surface area contributed by atoms with E-state index in [1.54, 1.807) is 24.3 Å². The van der Waals surface area contributed by atoms with Gasteiger partial charge in [0.1, 0.15) is 0 Å². The zero-order valence-electron chi connectivity index (χ0n) is 15.7. The van der Waals surface area contributed by atoms with Gasteiger partial charge in [0.15, 0.2) is 5.54 Å². The fraction of sp³-hybridized carbons (Fsp3) is 0.125. The van der Waals surface area contributed by atoms with Gasteiger partial charge >= 0.3 is 6.03 Å². The van der Waals surface area contributed by atoms with Crippen LogP contribution in [0.15, 0.2) is 84.9 Å². The Balaban J connectivity index is 1.74. The molecule has 0 aromatic heterocycles. The first-order chi connectivity index (χ1) is 14.1. The Morgan fingerprint density at radius 3 is 2.17 bits per heavy atom. The molecule has 1 aliphatic rings. The summed E-state index contributed by atoms with van der Waals surface area (Å²) in [6, 6.07) is 27.6. The summed E-state index contributed by atoms with van der Waals surface area (Å²) in [5, 5.41) is 12.3. The highest BCUT2D eigenvalue weighted by Gasteiger charge is 2.52. The van der Waals surface area contributed by atoms with Crippen LogP contribution in [0.4, 0.5) is 4.79 Å². The van der Waals surface area contributed by atoms with E-state index in [-0.39, 0.29) is 12.5 Å². The van der Waals surface area contributed by atoms with Crippen LogP contribution in [0.1, 0.15) is 22.3 Å². The highest BCUT2D eigenvalue weighted by Crippen LogP contribution is 2.34. The highest BCUT2D eigenvalue weighted by molar-refractivity contribution is 6.07. The lowest BCUT2D eigenvalue weighted by atomic mass is 9.83. The normalized spacial score (nSPS) is 18.4. The van der Waals surface area contributed by atoms with Gasteiger partial charge in [-0.15, -0.1) is 0 Å². The monoisotopic (exact) mass is 381 g/mol. The summed E-state index contributed by atoms with van der Waals surface area (Å²) in [6.45, 7) is 0.0533. The van der Waals surface area contributed by atoms with Crippen molar-refractivity contribution in [2.75, 3.05) is 0 Å². The second-order valence-electron chi connectivity index (χ2n) is 7.02. The fourth-order valence-corrected chi connectivity index (χ4v) is 3.75. The summed E-state index contributed by atoms with van der Waals surface area (Å²) in [5.74, 6) is -0.315. The van der Waals surface area contributed by atoms with E-state index >= 15 is 0 Å². The van der Waals surface area contributed by atoms with Crippen molar-refractivity contribution in [2.45, 2.75) is 18.5 Å². The Morgan fingerprint density at radius 1 is 0.862 bits per heavy atom. The SMILES string of the molecule is N#Cc1ccccc1CN1C(=O)N[C@@](Cc2ccccc2)(c2ccccc2)C1=O. The molecule has 0 saturated carbocycles. The lowest BCUT2D eigenvalue weighted by molar-refractivity contribution is -0.132. The Bertz CT molecular complexity index is 1090. The molecule has 1 N–H and O–H groups in total. The summed E-state index contributed by atoms with van der Waals surface area (Å²) in [7, 11) is 0.